The van der Waals surface area contributed by atoms with Crippen molar-refractivity contribution in [2.24, 2.45) is 5.92 Å². The maximum atomic E-state index is 12.1. The van der Waals surface area contributed by atoms with Crippen LogP contribution in [0.1, 0.15) is 18.0 Å². The van der Waals surface area contributed by atoms with E-state index in [0.717, 1.165) is 37.4 Å². The summed E-state index contributed by atoms with van der Waals surface area (Å²) < 4.78 is 1.89. The number of anilines is 1. The van der Waals surface area contributed by atoms with Crippen LogP contribution >= 0.6 is 12.2 Å². The second-order valence-electron chi connectivity index (χ2n) is 6.84. The first-order valence-electron chi connectivity index (χ1n) is 8.51. The fraction of sp³-hybridized carbons (Fsp3) is 0.333. The smallest absolute Gasteiger partial charge is 0.269 e. The molecule has 0 amide bonds. The van der Waals surface area contributed by atoms with Gasteiger partial charge in [-0.15, -0.1) is 0 Å². The number of aromatic nitrogens is 1. The van der Waals surface area contributed by atoms with Crippen LogP contribution < -0.4 is 10.9 Å². The van der Waals surface area contributed by atoms with Crippen LogP contribution in [0.25, 0.3) is 0 Å². The minimum absolute atomic E-state index is 0.0519. The van der Waals surface area contributed by atoms with E-state index in [1.807, 2.05) is 16.7 Å². The van der Waals surface area contributed by atoms with Crippen LogP contribution in [-0.4, -0.2) is 32.6 Å². The summed E-state index contributed by atoms with van der Waals surface area (Å²) in [6.07, 6.45) is 1.07. The SMILES string of the molecule is O=c1cccc2n1C[C@@H]1C[C@H]2CN(C(=S)Nc2ccc([N+](=O)[O-])cc2)C1. The molecule has 0 saturated carbocycles. The van der Waals surface area contributed by atoms with Crippen molar-refractivity contribution in [3.63, 3.8) is 0 Å². The Bertz CT molecular complexity index is 925. The number of nitrogens with zero attached hydrogens (tertiary/aromatic N) is 3. The predicted molar refractivity (Wildman–Crippen MR) is 102 cm³/mol. The van der Waals surface area contributed by atoms with Gasteiger partial charge in [0.1, 0.15) is 0 Å². The summed E-state index contributed by atoms with van der Waals surface area (Å²) in [5.41, 5.74) is 1.93. The summed E-state index contributed by atoms with van der Waals surface area (Å²) in [6, 6.07) is 11.7. The first kappa shape index (κ1) is 16.7. The van der Waals surface area contributed by atoms with E-state index in [-0.39, 0.29) is 17.2 Å². The molecule has 3 heterocycles. The lowest BCUT2D eigenvalue weighted by Crippen LogP contribution is -2.50. The van der Waals surface area contributed by atoms with Crippen molar-refractivity contribution < 1.29 is 4.92 Å². The standard InChI is InChI=1S/C18H18N4O3S/c23-17-3-1-2-16-13-8-12(10-21(16)17)9-20(11-13)18(26)19-14-4-6-15(7-5-14)22(24)25/h1-7,12-13H,8-11H2,(H,19,26)/t12-,13+/m1/s1. The van der Waals surface area contributed by atoms with E-state index in [1.165, 1.54) is 12.1 Å². The van der Waals surface area contributed by atoms with E-state index < -0.39 is 4.92 Å². The first-order valence-corrected chi connectivity index (χ1v) is 8.92. The van der Waals surface area contributed by atoms with Gasteiger partial charge in [-0.05, 0) is 42.8 Å². The molecule has 2 aromatic rings. The Kier molecular flexibility index (Phi) is 4.20. The number of hydrogen-bond acceptors (Lipinski definition) is 4. The molecule has 26 heavy (non-hydrogen) atoms. The molecular formula is C18H18N4O3S. The van der Waals surface area contributed by atoms with Crippen molar-refractivity contribution in [3.8, 4) is 0 Å². The number of nitro benzene ring substituents is 1. The Hall–Kier alpha value is -2.74. The molecule has 0 aliphatic carbocycles. The van der Waals surface area contributed by atoms with Gasteiger partial charge in [-0.25, -0.2) is 0 Å². The third-order valence-electron chi connectivity index (χ3n) is 5.10. The van der Waals surface area contributed by atoms with Crippen molar-refractivity contribution in [1.82, 2.24) is 9.47 Å². The Morgan fingerprint density at radius 2 is 1.92 bits per heavy atom. The molecular weight excluding hydrogens is 352 g/mol. The topological polar surface area (TPSA) is 80.4 Å². The molecule has 2 atom stereocenters. The molecule has 2 aliphatic heterocycles. The van der Waals surface area contributed by atoms with Gasteiger partial charge in [0.25, 0.3) is 11.2 Å². The molecule has 2 aliphatic rings. The molecule has 2 bridgehead atoms. The van der Waals surface area contributed by atoms with Crippen LogP contribution in [0.5, 0.6) is 0 Å². The van der Waals surface area contributed by atoms with Crippen molar-refractivity contribution >= 4 is 28.7 Å². The molecule has 0 unspecified atom stereocenters. The Morgan fingerprint density at radius 1 is 1.15 bits per heavy atom. The second-order valence-corrected chi connectivity index (χ2v) is 7.22. The van der Waals surface area contributed by atoms with E-state index in [2.05, 4.69) is 10.2 Å². The maximum absolute atomic E-state index is 12.1. The lowest BCUT2D eigenvalue weighted by molar-refractivity contribution is -0.384. The predicted octanol–water partition coefficient (Wildman–Crippen LogP) is 2.57. The number of non-ortho nitro benzene ring substituents is 1. The molecule has 0 spiro atoms. The van der Waals surface area contributed by atoms with Crippen molar-refractivity contribution in [2.45, 2.75) is 18.9 Å². The maximum Gasteiger partial charge on any atom is 0.269 e. The number of nitro groups is 1. The van der Waals surface area contributed by atoms with Gasteiger partial charge in [0, 0.05) is 55.1 Å². The molecule has 0 radical (unpaired) electrons. The minimum Gasteiger partial charge on any atom is -0.348 e. The lowest BCUT2D eigenvalue weighted by atomic mass is 9.83. The zero-order valence-corrected chi connectivity index (χ0v) is 14.8. The lowest BCUT2D eigenvalue weighted by Gasteiger charge is -2.43. The highest BCUT2D eigenvalue weighted by molar-refractivity contribution is 7.80. The van der Waals surface area contributed by atoms with Gasteiger partial charge in [-0.2, -0.15) is 0 Å². The third-order valence-corrected chi connectivity index (χ3v) is 5.46. The fourth-order valence-corrected chi connectivity index (χ4v) is 4.20. The highest BCUT2D eigenvalue weighted by atomic mass is 32.1. The largest absolute Gasteiger partial charge is 0.348 e. The summed E-state index contributed by atoms with van der Waals surface area (Å²) in [6.45, 7) is 2.29. The molecule has 1 saturated heterocycles. The van der Waals surface area contributed by atoms with E-state index in [0.29, 0.717) is 11.0 Å². The second kappa shape index (κ2) is 6.53. The Morgan fingerprint density at radius 3 is 2.65 bits per heavy atom. The number of pyridine rings is 1. The minimum atomic E-state index is -0.423. The van der Waals surface area contributed by atoms with Crippen molar-refractivity contribution in [1.29, 1.82) is 0 Å². The van der Waals surface area contributed by atoms with Crippen LogP contribution in [0.15, 0.2) is 47.3 Å². The molecule has 7 nitrogen and oxygen atoms in total. The Labute approximate surface area is 155 Å². The monoisotopic (exact) mass is 370 g/mol. The zero-order chi connectivity index (χ0) is 18.3. The summed E-state index contributed by atoms with van der Waals surface area (Å²) in [5.74, 6) is 0.672. The van der Waals surface area contributed by atoms with Crippen LogP contribution in [0.3, 0.4) is 0 Å². The van der Waals surface area contributed by atoms with Gasteiger partial charge < -0.3 is 14.8 Å². The zero-order valence-electron chi connectivity index (χ0n) is 14.0. The van der Waals surface area contributed by atoms with Crippen LogP contribution in [0, 0.1) is 16.0 Å². The molecule has 4 rings (SSSR count). The van der Waals surface area contributed by atoms with E-state index in [4.69, 9.17) is 12.2 Å². The molecule has 1 aromatic carbocycles. The molecule has 134 valence electrons. The van der Waals surface area contributed by atoms with Crippen LogP contribution in [-0.2, 0) is 6.54 Å². The summed E-state index contributed by atoms with van der Waals surface area (Å²) in [4.78, 5) is 24.5. The normalized spacial score (nSPS) is 21.0. The summed E-state index contributed by atoms with van der Waals surface area (Å²) >= 11 is 5.56. The highest BCUT2D eigenvalue weighted by Gasteiger charge is 2.35. The van der Waals surface area contributed by atoms with Gasteiger partial charge in [0.05, 0.1) is 4.92 Å². The number of fused-ring (bicyclic) bond motifs is 4. The number of piperidine rings is 1. The van der Waals surface area contributed by atoms with Gasteiger partial charge in [-0.1, -0.05) is 6.07 Å². The molecule has 1 N–H and O–H groups in total. The summed E-state index contributed by atoms with van der Waals surface area (Å²) in [5, 5.41) is 14.5. The Balaban J connectivity index is 1.49. The number of likely N-dealkylation sites (tertiary alicyclic amines) is 1. The number of rotatable bonds is 2. The van der Waals surface area contributed by atoms with Gasteiger partial charge in [-0.3, -0.25) is 14.9 Å². The van der Waals surface area contributed by atoms with Crippen LogP contribution in [0.2, 0.25) is 0 Å². The number of thiocarbonyl (C=S) groups is 1. The average molecular weight is 370 g/mol. The van der Waals surface area contributed by atoms with Crippen molar-refractivity contribution in [3.05, 3.63) is 68.6 Å². The average Bonchev–Trinajstić information content (AvgIpc) is 2.63. The van der Waals surface area contributed by atoms with E-state index >= 15 is 0 Å². The van der Waals surface area contributed by atoms with Gasteiger partial charge >= 0.3 is 0 Å². The van der Waals surface area contributed by atoms with E-state index in [1.54, 1.807) is 18.2 Å². The number of benzene rings is 1. The number of nitrogens with one attached hydrogen (secondary N) is 1. The third kappa shape index (κ3) is 3.08. The van der Waals surface area contributed by atoms with Gasteiger partial charge in [0.2, 0.25) is 0 Å². The highest BCUT2D eigenvalue weighted by Crippen LogP contribution is 2.35. The van der Waals surface area contributed by atoms with Crippen molar-refractivity contribution in [2.75, 3.05) is 18.4 Å². The molecule has 8 heteroatoms. The van der Waals surface area contributed by atoms with Gasteiger partial charge in [0.15, 0.2) is 5.11 Å². The number of hydrogen-bond donors (Lipinski definition) is 1. The summed E-state index contributed by atoms with van der Waals surface area (Å²) in [7, 11) is 0. The molecule has 1 aromatic heterocycles. The van der Waals surface area contributed by atoms with Crippen LogP contribution in [0.4, 0.5) is 11.4 Å². The van der Waals surface area contributed by atoms with E-state index in [9.17, 15) is 14.9 Å². The quantitative estimate of drug-likeness (QED) is 0.497. The fourth-order valence-electron chi connectivity index (χ4n) is 3.93. The first-order chi connectivity index (χ1) is 12.5. The molecule has 1 fully saturated rings.